The lowest BCUT2D eigenvalue weighted by Crippen LogP contribution is -2.30. The fourth-order valence-corrected chi connectivity index (χ4v) is 2.98. The van der Waals surface area contributed by atoms with Crippen molar-refractivity contribution in [1.82, 2.24) is 0 Å². The molecule has 1 atom stereocenters. The maximum atomic E-state index is 12.4. The molecule has 2 aromatic rings. The third-order valence-corrected chi connectivity index (χ3v) is 4.48. The Morgan fingerprint density at radius 3 is 2.66 bits per heavy atom. The van der Waals surface area contributed by atoms with Crippen LogP contribution in [0.15, 0.2) is 48.5 Å². The lowest BCUT2D eigenvalue weighted by Gasteiger charge is -2.17. The van der Waals surface area contributed by atoms with E-state index in [1.807, 2.05) is 0 Å². The Labute approximate surface area is 166 Å². The van der Waals surface area contributed by atoms with Crippen molar-refractivity contribution >= 4 is 34.8 Å². The monoisotopic (exact) mass is 397 g/mol. The van der Waals surface area contributed by atoms with Gasteiger partial charge in [0.25, 0.3) is 11.6 Å². The smallest absolute Gasteiger partial charge is 0.338 e. The topological polar surface area (TPSA) is 119 Å². The van der Waals surface area contributed by atoms with Gasteiger partial charge in [0.15, 0.2) is 6.10 Å². The number of anilines is 2. The summed E-state index contributed by atoms with van der Waals surface area (Å²) in [4.78, 5) is 48.6. The minimum atomic E-state index is -1.18. The number of ether oxygens (including phenoxy) is 1. The van der Waals surface area contributed by atoms with E-state index in [4.69, 9.17) is 4.74 Å². The van der Waals surface area contributed by atoms with E-state index in [-0.39, 0.29) is 22.8 Å². The summed E-state index contributed by atoms with van der Waals surface area (Å²) < 4.78 is 5.19. The molecule has 0 spiro atoms. The van der Waals surface area contributed by atoms with Crippen LogP contribution in [-0.2, 0) is 14.3 Å². The van der Waals surface area contributed by atoms with Crippen molar-refractivity contribution in [3.63, 3.8) is 0 Å². The van der Waals surface area contributed by atoms with Crippen molar-refractivity contribution in [1.29, 1.82) is 0 Å². The average Bonchev–Trinajstić information content (AvgIpc) is 3.14. The van der Waals surface area contributed by atoms with Crippen LogP contribution in [0.4, 0.5) is 17.1 Å². The first kappa shape index (κ1) is 20.0. The first-order valence-electron chi connectivity index (χ1n) is 9.02. The molecule has 9 nitrogen and oxygen atoms in total. The number of nitrogens with zero attached hydrogens (tertiary/aromatic N) is 2. The number of para-hydroxylation sites is 2. The third-order valence-electron chi connectivity index (χ3n) is 4.48. The Hall–Kier alpha value is -3.75. The Balaban J connectivity index is 1.67. The zero-order valence-corrected chi connectivity index (χ0v) is 15.7. The normalized spacial score (nSPS) is 14.4. The number of rotatable bonds is 6. The van der Waals surface area contributed by atoms with Gasteiger partial charge < -0.3 is 15.0 Å². The van der Waals surface area contributed by atoms with Gasteiger partial charge in [-0.15, -0.1) is 0 Å². The van der Waals surface area contributed by atoms with Crippen LogP contribution < -0.4 is 10.2 Å². The van der Waals surface area contributed by atoms with Crippen LogP contribution in [0.25, 0.3) is 0 Å². The first-order chi connectivity index (χ1) is 13.9. The molecule has 1 fully saturated rings. The predicted octanol–water partition coefficient (Wildman–Crippen LogP) is 2.91. The molecule has 150 valence electrons. The zero-order chi connectivity index (χ0) is 21.0. The van der Waals surface area contributed by atoms with Crippen molar-refractivity contribution in [3.05, 3.63) is 64.2 Å². The van der Waals surface area contributed by atoms with Crippen LogP contribution in [0.3, 0.4) is 0 Å². The van der Waals surface area contributed by atoms with Gasteiger partial charge in [-0.05, 0) is 37.6 Å². The van der Waals surface area contributed by atoms with E-state index < -0.39 is 22.9 Å². The number of amides is 2. The van der Waals surface area contributed by atoms with Gasteiger partial charge in [-0.25, -0.2) is 4.79 Å². The molecule has 0 saturated carbocycles. The molecule has 3 rings (SSSR count). The maximum absolute atomic E-state index is 12.4. The highest BCUT2D eigenvalue weighted by Crippen LogP contribution is 2.24. The number of hydrogen-bond donors (Lipinski definition) is 1. The van der Waals surface area contributed by atoms with E-state index in [9.17, 15) is 24.5 Å². The summed E-state index contributed by atoms with van der Waals surface area (Å²) in [6, 6.07) is 12.1. The van der Waals surface area contributed by atoms with Crippen LogP contribution in [0.5, 0.6) is 0 Å². The zero-order valence-electron chi connectivity index (χ0n) is 15.7. The van der Waals surface area contributed by atoms with Crippen molar-refractivity contribution in [2.75, 3.05) is 16.8 Å². The number of carbonyl (C=O) groups is 3. The van der Waals surface area contributed by atoms with E-state index in [0.717, 1.165) is 6.42 Å². The summed E-state index contributed by atoms with van der Waals surface area (Å²) in [6.07, 6.45) is 0.0489. The molecule has 1 N–H and O–H groups in total. The van der Waals surface area contributed by atoms with Gasteiger partial charge in [0, 0.05) is 24.7 Å². The number of hydrogen-bond acceptors (Lipinski definition) is 6. The molecule has 0 bridgehead atoms. The second kappa shape index (κ2) is 8.51. The molecule has 0 aliphatic carbocycles. The van der Waals surface area contributed by atoms with Crippen LogP contribution >= 0.6 is 0 Å². The second-order valence-electron chi connectivity index (χ2n) is 6.51. The summed E-state index contributed by atoms with van der Waals surface area (Å²) in [5.74, 6) is -1.44. The standard InChI is InChI=1S/C20H19N3O6/c1-13(19(25)21-16-8-2-3-9-17(16)23(27)28)29-20(26)14-6-4-7-15(12-14)22-11-5-10-18(22)24/h2-4,6-9,12-13H,5,10-11H2,1H3,(H,21,25)/t13-/m0/s1. The van der Waals surface area contributed by atoms with E-state index >= 15 is 0 Å². The van der Waals surface area contributed by atoms with Gasteiger partial charge >= 0.3 is 5.97 Å². The highest BCUT2D eigenvalue weighted by atomic mass is 16.6. The van der Waals surface area contributed by atoms with E-state index in [1.165, 1.54) is 37.3 Å². The largest absolute Gasteiger partial charge is 0.449 e. The second-order valence-corrected chi connectivity index (χ2v) is 6.51. The lowest BCUT2D eigenvalue weighted by atomic mass is 10.2. The van der Waals surface area contributed by atoms with Gasteiger partial charge in [-0.3, -0.25) is 19.7 Å². The third kappa shape index (κ3) is 4.57. The minimum absolute atomic E-state index is 0.00674. The van der Waals surface area contributed by atoms with Crippen molar-refractivity contribution < 1.29 is 24.0 Å². The summed E-state index contributed by atoms with van der Waals surface area (Å²) in [5, 5.41) is 13.4. The predicted molar refractivity (Wildman–Crippen MR) is 105 cm³/mol. The maximum Gasteiger partial charge on any atom is 0.338 e. The summed E-state index contributed by atoms with van der Waals surface area (Å²) >= 11 is 0. The Bertz CT molecular complexity index is 974. The molecule has 2 amide bonds. The van der Waals surface area contributed by atoms with Gasteiger partial charge in [0.2, 0.25) is 5.91 Å². The molecule has 29 heavy (non-hydrogen) atoms. The lowest BCUT2D eigenvalue weighted by molar-refractivity contribution is -0.383. The summed E-state index contributed by atoms with van der Waals surface area (Å²) in [7, 11) is 0. The Kier molecular flexibility index (Phi) is 5.87. The molecule has 0 unspecified atom stereocenters. The summed E-state index contributed by atoms with van der Waals surface area (Å²) in [5.41, 5.74) is 0.550. The Morgan fingerprint density at radius 1 is 1.21 bits per heavy atom. The molecular weight excluding hydrogens is 378 g/mol. The minimum Gasteiger partial charge on any atom is -0.449 e. The number of esters is 1. The molecule has 0 aromatic heterocycles. The molecule has 9 heteroatoms. The number of benzene rings is 2. The highest BCUT2D eigenvalue weighted by molar-refractivity contribution is 6.00. The number of nitro benzene ring substituents is 1. The van der Waals surface area contributed by atoms with E-state index in [1.54, 1.807) is 23.1 Å². The van der Waals surface area contributed by atoms with Crippen LogP contribution in [0.2, 0.25) is 0 Å². The SMILES string of the molecule is C[C@H](OC(=O)c1cccc(N2CCCC2=O)c1)C(=O)Nc1ccccc1[N+](=O)[O-]. The number of nitrogens with one attached hydrogen (secondary N) is 1. The van der Waals surface area contributed by atoms with Crippen molar-refractivity contribution in [3.8, 4) is 0 Å². The molecule has 1 saturated heterocycles. The van der Waals surface area contributed by atoms with Gasteiger partial charge in [-0.1, -0.05) is 18.2 Å². The molecule has 2 aromatic carbocycles. The molecule has 0 radical (unpaired) electrons. The van der Waals surface area contributed by atoms with E-state index in [2.05, 4.69) is 5.32 Å². The summed E-state index contributed by atoms with van der Waals surface area (Å²) in [6.45, 7) is 1.96. The van der Waals surface area contributed by atoms with E-state index in [0.29, 0.717) is 18.7 Å². The number of nitro groups is 1. The highest BCUT2D eigenvalue weighted by Gasteiger charge is 2.24. The van der Waals surface area contributed by atoms with Crippen LogP contribution in [-0.4, -0.2) is 35.4 Å². The van der Waals surface area contributed by atoms with Gasteiger partial charge in [0.1, 0.15) is 5.69 Å². The molecule has 1 aliphatic rings. The number of carbonyl (C=O) groups excluding carboxylic acids is 3. The fraction of sp³-hybridized carbons (Fsp3) is 0.250. The van der Waals surface area contributed by atoms with Gasteiger partial charge in [0.05, 0.1) is 10.5 Å². The fourth-order valence-electron chi connectivity index (χ4n) is 2.98. The van der Waals surface area contributed by atoms with Crippen LogP contribution in [0, 0.1) is 10.1 Å². The first-order valence-corrected chi connectivity index (χ1v) is 9.02. The van der Waals surface area contributed by atoms with Crippen molar-refractivity contribution in [2.45, 2.75) is 25.9 Å². The van der Waals surface area contributed by atoms with Gasteiger partial charge in [-0.2, -0.15) is 0 Å². The average molecular weight is 397 g/mol. The Morgan fingerprint density at radius 2 is 1.97 bits per heavy atom. The molecule has 1 aliphatic heterocycles. The molecular formula is C20H19N3O6. The molecule has 1 heterocycles. The van der Waals surface area contributed by atoms with Crippen LogP contribution in [0.1, 0.15) is 30.1 Å². The quantitative estimate of drug-likeness (QED) is 0.455. The van der Waals surface area contributed by atoms with Crippen molar-refractivity contribution in [2.24, 2.45) is 0 Å².